The Labute approximate surface area is 168 Å². The van der Waals surface area contributed by atoms with E-state index in [2.05, 4.69) is 0 Å². The van der Waals surface area contributed by atoms with Gasteiger partial charge in [-0.1, -0.05) is 0 Å². The summed E-state index contributed by atoms with van der Waals surface area (Å²) >= 11 is 1.87. The van der Waals surface area contributed by atoms with E-state index >= 15 is 0 Å². The second-order valence-corrected chi connectivity index (χ2v) is 6.78. The number of aliphatic carboxylic acids is 1. The maximum atomic E-state index is 13.2. The van der Waals surface area contributed by atoms with E-state index in [9.17, 15) is 28.1 Å². The molecule has 1 aliphatic heterocycles. The van der Waals surface area contributed by atoms with E-state index in [1.165, 1.54) is 36.4 Å². The fourth-order valence-electron chi connectivity index (χ4n) is 2.46. The number of rotatable bonds is 4. The average molecular weight is 507 g/mol. The Hall–Kier alpha value is -2.83. The zero-order valence-corrected chi connectivity index (χ0v) is 15.7. The van der Waals surface area contributed by atoms with Crippen molar-refractivity contribution in [3.05, 3.63) is 61.2 Å². The van der Waals surface area contributed by atoms with Gasteiger partial charge < -0.3 is 14.6 Å². The fourth-order valence-corrected chi connectivity index (χ4v) is 3.06. The van der Waals surface area contributed by atoms with Crippen molar-refractivity contribution in [3.63, 3.8) is 0 Å². The van der Waals surface area contributed by atoms with Gasteiger partial charge in [0.05, 0.1) is 14.1 Å². The maximum Gasteiger partial charge on any atom is 0.430 e. The van der Waals surface area contributed by atoms with Crippen LogP contribution in [0.25, 0.3) is 6.08 Å². The summed E-state index contributed by atoms with van der Waals surface area (Å²) in [4.78, 5) is 21.3. The highest BCUT2D eigenvalue weighted by Gasteiger charge is 2.48. The molecule has 1 atom stereocenters. The van der Waals surface area contributed by atoms with Crippen LogP contribution in [0, 0.1) is 13.7 Å². The van der Waals surface area contributed by atoms with Crippen molar-refractivity contribution in [1.29, 1.82) is 0 Å². The van der Waals surface area contributed by atoms with Crippen LogP contribution in [-0.4, -0.2) is 28.3 Å². The van der Waals surface area contributed by atoms with Gasteiger partial charge in [0.1, 0.15) is 17.2 Å². The fraction of sp³-hybridized carbons (Fsp3) is 0.118. The molecule has 0 aromatic heterocycles. The van der Waals surface area contributed by atoms with Gasteiger partial charge in [0, 0.05) is 23.8 Å². The monoisotopic (exact) mass is 507 g/mol. The molecule has 1 heterocycles. The van der Waals surface area contributed by atoms with Gasteiger partial charge in [0.2, 0.25) is 6.10 Å². The lowest BCUT2D eigenvalue weighted by Crippen LogP contribution is -2.40. The molecule has 3 rings (SSSR count). The van der Waals surface area contributed by atoms with Crippen LogP contribution >= 0.6 is 22.6 Å². The van der Waals surface area contributed by atoms with Gasteiger partial charge in [-0.3, -0.25) is 10.1 Å². The number of halogens is 4. The van der Waals surface area contributed by atoms with Gasteiger partial charge in [0.25, 0.3) is 5.69 Å². The summed E-state index contributed by atoms with van der Waals surface area (Å²) in [6.45, 7) is 0. The Bertz CT molecular complexity index is 988. The number of nitro groups is 1. The molecule has 0 aliphatic carbocycles. The Morgan fingerprint density at radius 3 is 2.43 bits per heavy atom. The molecular formula is C17H9F3INO6. The number of carboxylic acid groups (broad SMARTS) is 1. The predicted octanol–water partition coefficient (Wildman–Crippen LogP) is 4.78. The molecule has 1 unspecified atom stereocenters. The lowest BCUT2D eigenvalue weighted by Gasteiger charge is -2.27. The number of carbonyl (C=O) groups is 1. The van der Waals surface area contributed by atoms with E-state index in [0.29, 0.717) is 3.57 Å². The molecule has 0 amide bonds. The molecular weight excluding hydrogens is 498 g/mol. The van der Waals surface area contributed by atoms with E-state index in [1.807, 2.05) is 22.6 Å². The minimum Gasteiger partial charge on any atom is -0.478 e. The van der Waals surface area contributed by atoms with Crippen LogP contribution in [0.5, 0.6) is 17.2 Å². The normalized spacial score (nSPS) is 15.9. The molecule has 11 heteroatoms. The summed E-state index contributed by atoms with van der Waals surface area (Å²) < 4.78 is 50.4. The molecule has 1 aliphatic rings. The van der Waals surface area contributed by atoms with Gasteiger partial charge in [-0.05, 0) is 46.9 Å². The smallest absolute Gasteiger partial charge is 0.430 e. The Morgan fingerprint density at radius 2 is 1.89 bits per heavy atom. The van der Waals surface area contributed by atoms with Crippen LogP contribution in [0.3, 0.4) is 0 Å². The lowest BCUT2D eigenvalue weighted by molar-refractivity contribution is -0.384. The standard InChI is InChI=1S/C17H9F3INO6/c18-17(19,20)15-11(16(23)24)5-8-6-12(21)14(7-13(8)28-15)27-10-3-1-9(2-4-10)22(25)26/h1-7,15H,(H,23,24). The zero-order chi connectivity index (χ0) is 20.6. The van der Waals surface area contributed by atoms with E-state index in [4.69, 9.17) is 14.6 Å². The van der Waals surface area contributed by atoms with Crippen molar-refractivity contribution >= 4 is 40.3 Å². The third-order valence-electron chi connectivity index (χ3n) is 3.72. The van der Waals surface area contributed by atoms with Crippen molar-refractivity contribution in [2.45, 2.75) is 12.3 Å². The van der Waals surface area contributed by atoms with Crippen LogP contribution in [-0.2, 0) is 4.79 Å². The predicted molar refractivity (Wildman–Crippen MR) is 98.4 cm³/mol. The minimum absolute atomic E-state index is 0.143. The van der Waals surface area contributed by atoms with Gasteiger partial charge in [-0.2, -0.15) is 13.2 Å². The molecule has 2 aromatic carbocycles. The summed E-state index contributed by atoms with van der Waals surface area (Å²) in [6.07, 6.45) is -6.61. The SMILES string of the molecule is O=C(O)C1=Cc2cc(I)c(Oc3ccc([N+](=O)[O-])cc3)cc2OC1C(F)(F)F. The van der Waals surface area contributed by atoms with E-state index in [-0.39, 0.29) is 28.5 Å². The van der Waals surface area contributed by atoms with Crippen LogP contribution < -0.4 is 9.47 Å². The number of non-ortho nitro benzene ring substituents is 1. The first-order chi connectivity index (χ1) is 13.1. The Kier molecular flexibility index (Phi) is 5.19. The maximum absolute atomic E-state index is 13.2. The molecule has 0 saturated heterocycles. The van der Waals surface area contributed by atoms with E-state index < -0.39 is 28.7 Å². The third kappa shape index (κ3) is 4.03. The summed E-state index contributed by atoms with van der Waals surface area (Å²) in [5, 5.41) is 19.7. The molecule has 2 aromatic rings. The molecule has 146 valence electrons. The molecule has 0 radical (unpaired) electrons. The van der Waals surface area contributed by atoms with Crippen LogP contribution in [0.2, 0.25) is 0 Å². The molecule has 0 bridgehead atoms. The molecule has 7 nitrogen and oxygen atoms in total. The lowest BCUT2D eigenvalue weighted by atomic mass is 10.0. The first-order valence-electron chi connectivity index (χ1n) is 7.50. The average Bonchev–Trinajstić information content (AvgIpc) is 2.61. The molecule has 0 fully saturated rings. The van der Waals surface area contributed by atoms with Gasteiger partial charge in [-0.15, -0.1) is 0 Å². The van der Waals surface area contributed by atoms with Crippen LogP contribution in [0.15, 0.2) is 42.0 Å². The minimum atomic E-state index is -4.91. The Morgan fingerprint density at radius 1 is 1.25 bits per heavy atom. The third-order valence-corrected chi connectivity index (χ3v) is 4.57. The van der Waals surface area contributed by atoms with E-state index in [0.717, 1.165) is 6.08 Å². The number of hydrogen-bond acceptors (Lipinski definition) is 5. The molecule has 0 spiro atoms. The van der Waals surface area contributed by atoms with Gasteiger partial charge >= 0.3 is 12.1 Å². The quantitative estimate of drug-likeness (QED) is 0.364. The van der Waals surface area contributed by atoms with E-state index in [1.54, 1.807) is 0 Å². The number of benzene rings is 2. The summed E-state index contributed by atoms with van der Waals surface area (Å²) in [6, 6.07) is 7.76. The summed E-state index contributed by atoms with van der Waals surface area (Å²) in [5.74, 6) is -1.53. The topological polar surface area (TPSA) is 98.9 Å². The van der Waals surface area contributed by atoms with Gasteiger partial charge in [-0.25, -0.2) is 4.79 Å². The van der Waals surface area contributed by atoms with Crippen molar-refractivity contribution in [2.75, 3.05) is 0 Å². The van der Waals surface area contributed by atoms with Crippen LogP contribution in [0.1, 0.15) is 5.56 Å². The summed E-state index contributed by atoms with van der Waals surface area (Å²) in [5.41, 5.74) is -0.895. The highest BCUT2D eigenvalue weighted by molar-refractivity contribution is 14.1. The summed E-state index contributed by atoms with van der Waals surface area (Å²) in [7, 11) is 0. The number of nitro benzene ring substituents is 1. The highest BCUT2D eigenvalue weighted by atomic mass is 127. The highest BCUT2D eigenvalue weighted by Crippen LogP contribution is 2.41. The number of carboxylic acids is 1. The molecule has 1 N–H and O–H groups in total. The van der Waals surface area contributed by atoms with Gasteiger partial charge in [0.15, 0.2) is 0 Å². The zero-order valence-electron chi connectivity index (χ0n) is 13.6. The first-order valence-corrected chi connectivity index (χ1v) is 8.58. The van der Waals surface area contributed by atoms with Crippen molar-refractivity contribution in [1.82, 2.24) is 0 Å². The second-order valence-electron chi connectivity index (χ2n) is 5.62. The Balaban J connectivity index is 1.96. The van der Waals surface area contributed by atoms with Crippen molar-refractivity contribution in [2.24, 2.45) is 0 Å². The number of ether oxygens (including phenoxy) is 2. The van der Waals surface area contributed by atoms with Crippen molar-refractivity contribution < 1.29 is 37.5 Å². The van der Waals surface area contributed by atoms with Crippen LogP contribution in [0.4, 0.5) is 18.9 Å². The second kappa shape index (κ2) is 7.30. The first kappa shape index (κ1) is 19.9. The number of fused-ring (bicyclic) bond motifs is 1. The number of hydrogen-bond donors (Lipinski definition) is 1. The number of alkyl halides is 3. The number of nitrogens with zero attached hydrogens (tertiary/aromatic N) is 1. The molecule has 28 heavy (non-hydrogen) atoms. The molecule has 0 saturated carbocycles. The van der Waals surface area contributed by atoms with Crippen molar-refractivity contribution in [3.8, 4) is 17.2 Å². The largest absolute Gasteiger partial charge is 0.478 e.